The molecule has 3 aliphatic rings. The molecule has 21 heavy (non-hydrogen) atoms. The number of likely N-dealkylation sites (tertiary alicyclic amines) is 1. The molecule has 0 radical (unpaired) electrons. The first kappa shape index (κ1) is 14.8. The molecule has 5 heteroatoms. The molecule has 3 atom stereocenters. The summed E-state index contributed by atoms with van der Waals surface area (Å²) in [6, 6.07) is 0.146. The van der Waals surface area contributed by atoms with E-state index in [1.807, 2.05) is 4.90 Å². The van der Waals surface area contributed by atoms with Crippen LogP contribution in [-0.4, -0.2) is 46.6 Å². The highest BCUT2D eigenvalue weighted by Crippen LogP contribution is 2.39. The molecule has 2 saturated carbocycles. The van der Waals surface area contributed by atoms with Crippen LogP contribution in [0.2, 0.25) is 0 Å². The fourth-order valence-corrected chi connectivity index (χ4v) is 4.53. The van der Waals surface area contributed by atoms with E-state index >= 15 is 0 Å². The molecule has 2 N–H and O–H groups in total. The van der Waals surface area contributed by atoms with Crippen LogP contribution in [-0.2, 0) is 9.59 Å². The molecule has 1 amide bonds. The summed E-state index contributed by atoms with van der Waals surface area (Å²) in [6.07, 6.45) is 9.77. The zero-order valence-electron chi connectivity index (χ0n) is 12.6. The van der Waals surface area contributed by atoms with Crippen molar-refractivity contribution in [3.05, 3.63) is 0 Å². The van der Waals surface area contributed by atoms with Gasteiger partial charge in [0.1, 0.15) is 6.04 Å². The Morgan fingerprint density at radius 2 is 1.71 bits per heavy atom. The maximum absolute atomic E-state index is 12.3. The Hall–Kier alpha value is -1.10. The van der Waals surface area contributed by atoms with Crippen LogP contribution in [0.25, 0.3) is 0 Å². The van der Waals surface area contributed by atoms with Gasteiger partial charge < -0.3 is 10.4 Å². The van der Waals surface area contributed by atoms with Crippen molar-refractivity contribution in [1.29, 1.82) is 0 Å². The Balaban J connectivity index is 1.62. The number of rotatable bonds is 4. The molecule has 5 nitrogen and oxygen atoms in total. The topological polar surface area (TPSA) is 69.6 Å². The second-order valence-electron chi connectivity index (χ2n) is 6.92. The van der Waals surface area contributed by atoms with Crippen molar-refractivity contribution < 1.29 is 14.7 Å². The Morgan fingerprint density at radius 1 is 1.05 bits per heavy atom. The van der Waals surface area contributed by atoms with Crippen LogP contribution in [0.3, 0.4) is 0 Å². The van der Waals surface area contributed by atoms with E-state index in [9.17, 15) is 14.7 Å². The summed E-state index contributed by atoms with van der Waals surface area (Å²) in [4.78, 5) is 25.7. The van der Waals surface area contributed by atoms with E-state index in [2.05, 4.69) is 5.32 Å². The minimum Gasteiger partial charge on any atom is -0.480 e. The van der Waals surface area contributed by atoms with E-state index in [0.29, 0.717) is 18.0 Å². The van der Waals surface area contributed by atoms with Crippen LogP contribution >= 0.6 is 0 Å². The molecule has 1 heterocycles. The fraction of sp³-hybridized carbons (Fsp3) is 0.875. The van der Waals surface area contributed by atoms with Crippen LogP contribution in [0.15, 0.2) is 0 Å². The Morgan fingerprint density at radius 3 is 2.43 bits per heavy atom. The highest BCUT2D eigenvalue weighted by molar-refractivity contribution is 5.80. The van der Waals surface area contributed by atoms with Crippen LogP contribution in [0.1, 0.15) is 57.8 Å². The molecule has 0 aromatic carbocycles. The van der Waals surface area contributed by atoms with Gasteiger partial charge in [0.25, 0.3) is 0 Å². The van der Waals surface area contributed by atoms with E-state index in [1.54, 1.807) is 0 Å². The van der Waals surface area contributed by atoms with Crippen LogP contribution in [0.5, 0.6) is 0 Å². The number of amides is 1. The smallest absolute Gasteiger partial charge is 0.320 e. The molecule has 1 saturated heterocycles. The molecule has 118 valence electrons. The minimum absolute atomic E-state index is 0.0133. The standard InChI is InChI=1S/C16H26N2O3/c19-15(17-12-6-2-3-7-12)10-18-13-8-4-1-5-11(13)9-14(18)16(20)21/h11-14H,1-10H2,(H,17,19)(H,20,21)/t11-,13-,14-/m0/s1. The third-order valence-electron chi connectivity index (χ3n) is 5.55. The van der Waals surface area contributed by atoms with Crippen LogP contribution in [0.4, 0.5) is 0 Å². The Kier molecular flexibility index (Phi) is 4.48. The van der Waals surface area contributed by atoms with Crippen molar-refractivity contribution in [2.45, 2.75) is 75.9 Å². The summed E-state index contributed by atoms with van der Waals surface area (Å²) in [5.41, 5.74) is 0. The molecule has 0 aromatic rings. The zero-order valence-corrected chi connectivity index (χ0v) is 12.6. The van der Waals surface area contributed by atoms with Gasteiger partial charge in [-0.3, -0.25) is 14.5 Å². The van der Waals surface area contributed by atoms with E-state index in [0.717, 1.165) is 38.5 Å². The molecule has 3 rings (SSSR count). The molecule has 0 spiro atoms. The number of nitrogens with zero attached hydrogens (tertiary/aromatic N) is 1. The van der Waals surface area contributed by atoms with Crippen LogP contribution < -0.4 is 5.32 Å². The van der Waals surface area contributed by atoms with Crippen molar-refractivity contribution >= 4 is 11.9 Å². The van der Waals surface area contributed by atoms with Crippen molar-refractivity contribution in [3.63, 3.8) is 0 Å². The van der Waals surface area contributed by atoms with Gasteiger partial charge in [0.15, 0.2) is 0 Å². The van der Waals surface area contributed by atoms with Gasteiger partial charge in [0.05, 0.1) is 6.54 Å². The normalized spacial score (nSPS) is 33.8. The van der Waals surface area contributed by atoms with Gasteiger partial charge in [-0.2, -0.15) is 0 Å². The summed E-state index contributed by atoms with van der Waals surface area (Å²) in [5.74, 6) is -0.281. The molecule has 3 fully saturated rings. The Labute approximate surface area is 126 Å². The minimum atomic E-state index is -0.766. The maximum atomic E-state index is 12.3. The third-order valence-corrected chi connectivity index (χ3v) is 5.55. The summed E-state index contributed by atoms with van der Waals surface area (Å²) < 4.78 is 0. The molecule has 0 bridgehead atoms. The molecule has 0 aromatic heterocycles. The number of carboxylic acids is 1. The number of nitrogens with one attached hydrogen (secondary N) is 1. The number of carboxylic acid groups (broad SMARTS) is 1. The largest absolute Gasteiger partial charge is 0.480 e. The molecular formula is C16H26N2O3. The molecule has 2 aliphatic carbocycles. The predicted octanol–water partition coefficient (Wildman–Crippen LogP) is 1.76. The van der Waals surface area contributed by atoms with Crippen molar-refractivity contribution in [1.82, 2.24) is 10.2 Å². The highest BCUT2D eigenvalue weighted by Gasteiger charge is 2.45. The van der Waals surface area contributed by atoms with Crippen molar-refractivity contribution in [3.8, 4) is 0 Å². The Bertz CT molecular complexity index is 406. The molecular weight excluding hydrogens is 268 g/mol. The second-order valence-corrected chi connectivity index (χ2v) is 6.92. The van der Waals surface area contributed by atoms with Gasteiger partial charge in [0.2, 0.25) is 5.91 Å². The van der Waals surface area contributed by atoms with E-state index in [1.165, 1.54) is 19.3 Å². The summed E-state index contributed by atoms with van der Waals surface area (Å²) in [5, 5.41) is 12.5. The second kappa shape index (κ2) is 6.34. The van der Waals surface area contributed by atoms with Gasteiger partial charge in [0, 0.05) is 12.1 Å². The highest BCUT2D eigenvalue weighted by atomic mass is 16.4. The van der Waals surface area contributed by atoms with Gasteiger partial charge in [-0.15, -0.1) is 0 Å². The molecule has 1 aliphatic heterocycles. The SMILES string of the molecule is O=C(CN1[C@H](C(=O)O)C[C@@H]2CCCC[C@@H]21)NC1CCCC1. The van der Waals surface area contributed by atoms with Crippen molar-refractivity contribution in [2.24, 2.45) is 5.92 Å². The number of hydrogen-bond donors (Lipinski definition) is 2. The van der Waals surface area contributed by atoms with E-state index < -0.39 is 12.0 Å². The van der Waals surface area contributed by atoms with Crippen molar-refractivity contribution in [2.75, 3.05) is 6.54 Å². The third kappa shape index (κ3) is 3.23. The first-order chi connectivity index (χ1) is 10.1. The average Bonchev–Trinajstić information content (AvgIpc) is 3.07. The number of fused-ring (bicyclic) bond motifs is 1. The zero-order chi connectivity index (χ0) is 14.8. The van der Waals surface area contributed by atoms with Gasteiger partial charge in [-0.1, -0.05) is 25.7 Å². The van der Waals surface area contributed by atoms with Gasteiger partial charge >= 0.3 is 5.97 Å². The lowest BCUT2D eigenvalue weighted by Crippen LogP contribution is -2.48. The summed E-state index contributed by atoms with van der Waals surface area (Å²) >= 11 is 0. The summed E-state index contributed by atoms with van der Waals surface area (Å²) in [6.45, 7) is 0.259. The number of aliphatic carboxylic acids is 1. The number of carbonyl (C=O) groups is 2. The lowest BCUT2D eigenvalue weighted by Gasteiger charge is -2.32. The van der Waals surface area contributed by atoms with Crippen LogP contribution in [0, 0.1) is 5.92 Å². The predicted molar refractivity (Wildman–Crippen MR) is 78.9 cm³/mol. The summed E-state index contributed by atoms with van der Waals surface area (Å²) in [7, 11) is 0. The quantitative estimate of drug-likeness (QED) is 0.829. The average molecular weight is 294 g/mol. The first-order valence-corrected chi connectivity index (χ1v) is 8.43. The number of carbonyl (C=O) groups excluding carboxylic acids is 1. The van der Waals surface area contributed by atoms with E-state index in [4.69, 9.17) is 0 Å². The van der Waals surface area contributed by atoms with Gasteiger partial charge in [-0.05, 0) is 38.0 Å². The van der Waals surface area contributed by atoms with Gasteiger partial charge in [-0.25, -0.2) is 0 Å². The number of hydrogen-bond acceptors (Lipinski definition) is 3. The first-order valence-electron chi connectivity index (χ1n) is 8.43. The van der Waals surface area contributed by atoms with E-state index in [-0.39, 0.29) is 12.5 Å². The lowest BCUT2D eigenvalue weighted by molar-refractivity contribution is -0.143. The molecule has 0 unspecified atom stereocenters. The maximum Gasteiger partial charge on any atom is 0.320 e. The lowest BCUT2D eigenvalue weighted by atomic mass is 9.85. The monoisotopic (exact) mass is 294 g/mol. The fourth-order valence-electron chi connectivity index (χ4n) is 4.53.